The van der Waals surface area contributed by atoms with Crippen LogP contribution in [0.4, 0.5) is 5.00 Å². The Bertz CT molecular complexity index is 975. The Kier molecular flexibility index (Phi) is 5.88. The third-order valence-corrected chi connectivity index (χ3v) is 7.59. The number of rotatable bonds is 5. The van der Waals surface area contributed by atoms with Gasteiger partial charge in [0.1, 0.15) is 5.00 Å². The summed E-state index contributed by atoms with van der Waals surface area (Å²) in [4.78, 5) is 17.2. The molecule has 1 unspecified atom stereocenters. The van der Waals surface area contributed by atoms with E-state index in [9.17, 15) is 4.79 Å². The fourth-order valence-electron chi connectivity index (χ4n) is 3.88. The largest absolute Gasteiger partial charge is 0.313 e. The van der Waals surface area contributed by atoms with Gasteiger partial charge in [0.15, 0.2) is 0 Å². The molecule has 1 aliphatic rings. The normalized spacial score (nSPS) is 15.7. The highest BCUT2D eigenvalue weighted by molar-refractivity contribution is 7.17. The van der Waals surface area contributed by atoms with Gasteiger partial charge in [0.25, 0.3) is 5.91 Å². The van der Waals surface area contributed by atoms with E-state index in [-0.39, 0.29) is 11.9 Å². The topological polar surface area (TPSA) is 32.3 Å². The number of carbonyl (C=O) groups excluding carboxylic acids is 1. The molecule has 1 atom stereocenters. The first-order valence-corrected chi connectivity index (χ1v) is 11.6. The predicted molar refractivity (Wildman–Crippen MR) is 120 cm³/mol. The molecule has 2 aromatic heterocycles. The molecule has 1 saturated heterocycles. The average molecular weight is 431 g/mol. The van der Waals surface area contributed by atoms with E-state index in [4.69, 9.17) is 11.6 Å². The molecule has 0 saturated carbocycles. The first-order chi connectivity index (χ1) is 13.5. The highest BCUT2D eigenvalue weighted by atomic mass is 35.5. The molecule has 1 N–H and O–H groups in total. The van der Waals surface area contributed by atoms with Crippen LogP contribution in [0.3, 0.4) is 0 Å². The summed E-state index contributed by atoms with van der Waals surface area (Å²) < 4.78 is 0. The van der Waals surface area contributed by atoms with Crippen molar-refractivity contribution in [3.8, 4) is 0 Å². The number of nitrogens with one attached hydrogen (secondary N) is 1. The summed E-state index contributed by atoms with van der Waals surface area (Å²) in [6, 6.07) is 12.0. The Morgan fingerprint density at radius 2 is 1.96 bits per heavy atom. The molecule has 4 rings (SSSR count). The lowest BCUT2D eigenvalue weighted by Crippen LogP contribution is -2.27. The maximum absolute atomic E-state index is 12.8. The van der Waals surface area contributed by atoms with Crippen LogP contribution < -0.4 is 5.32 Å². The molecule has 1 fully saturated rings. The van der Waals surface area contributed by atoms with Gasteiger partial charge < -0.3 is 5.32 Å². The van der Waals surface area contributed by atoms with E-state index in [1.165, 1.54) is 45.7 Å². The van der Waals surface area contributed by atoms with Crippen molar-refractivity contribution in [3.63, 3.8) is 0 Å². The number of aryl methyl sites for hydroxylation is 1. The minimum absolute atomic E-state index is 0.0382. The van der Waals surface area contributed by atoms with Gasteiger partial charge in [0.05, 0.1) is 10.9 Å². The summed E-state index contributed by atoms with van der Waals surface area (Å²) in [5.41, 5.74) is 3.64. The number of carbonyl (C=O) groups is 1. The van der Waals surface area contributed by atoms with E-state index in [2.05, 4.69) is 36.2 Å². The van der Waals surface area contributed by atoms with Crippen molar-refractivity contribution < 1.29 is 4.79 Å². The maximum Gasteiger partial charge on any atom is 0.266 e. The molecule has 3 nitrogen and oxygen atoms in total. The van der Waals surface area contributed by atoms with Crippen molar-refractivity contribution in [2.24, 2.45) is 0 Å². The van der Waals surface area contributed by atoms with E-state index in [0.717, 1.165) is 28.0 Å². The predicted octanol–water partition coefficient (Wildman–Crippen LogP) is 6.52. The van der Waals surface area contributed by atoms with Crippen LogP contribution in [0.1, 0.15) is 50.1 Å². The number of benzene rings is 1. The Morgan fingerprint density at radius 1 is 1.18 bits per heavy atom. The lowest BCUT2D eigenvalue weighted by molar-refractivity contribution is 0.103. The van der Waals surface area contributed by atoms with Gasteiger partial charge in [-0.2, -0.15) is 0 Å². The third-order valence-electron chi connectivity index (χ3n) is 5.35. The van der Waals surface area contributed by atoms with Gasteiger partial charge in [0.2, 0.25) is 0 Å². The van der Waals surface area contributed by atoms with Crippen molar-refractivity contribution >= 4 is 45.2 Å². The van der Waals surface area contributed by atoms with Gasteiger partial charge in [-0.3, -0.25) is 9.69 Å². The number of likely N-dealkylation sites (tertiary alicyclic amines) is 1. The monoisotopic (exact) mass is 430 g/mol. The average Bonchev–Trinajstić information content (AvgIpc) is 3.42. The molecule has 0 bridgehead atoms. The molecule has 6 heteroatoms. The Hall–Kier alpha value is -1.66. The molecule has 146 valence electrons. The van der Waals surface area contributed by atoms with Gasteiger partial charge >= 0.3 is 0 Å². The van der Waals surface area contributed by atoms with Crippen molar-refractivity contribution in [2.45, 2.75) is 32.7 Å². The number of hydrogen-bond acceptors (Lipinski definition) is 4. The van der Waals surface area contributed by atoms with Crippen LogP contribution in [0.5, 0.6) is 0 Å². The zero-order valence-corrected chi connectivity index (χ0v) is 18.4. The number of halogens is 1. The number of hydrogen-bond donors (Lipinski definition) is 1. The van der Waals surface area contributed by atoms with Crippen molar-refractivity contribution in [1.29, 1.82) is 0 Å². The van der Waals surface area contributed by atoms with Crippen LogP contribution in [-0.4, -0.2) is 23.9 Å². The molecule has 28 heavy (non-hydrogen) atoms. The summed E-state index contributed by atoms with van der Waals surface area (Å²) in [5, 5.41) is 6.82. The van der Waals surface area contributed by atoms with Gasteiger partial charge in [0, 0.05) is 15.5 Å². The molecule has 0 aliphatic carbocycles. The smallest absolute Gasteiger partial charge is 0.266 e. The van der Waals surface area contributed by atoms with E-state index in [1.807, 2.05) is 29.6 Å². The second kappa shape index (κ2) is 8.37. The van der Waals surface area contributed by atoms with Gasteiger partial charge in [-0.05, 0) is 74.5 Å². The number of amides is 1. The van der Waals surface area contributed by atoms with Crippen LogP contribution in [0.2, 0.25) is 5.02 Å². The molecule has 3 aromatic rings. The summed E-state index contributed by atoms with van der Waals surface area (Å²) in [5.74, 6) is -0.0382. The summed E-state index contributed by atoms with van der Waals surface area (Å²) in [6.45, 7) is 6.41. The molecule has 0 radical (unpaired) electrons. The number of anilines is 1. The second-order valence-electron chi connectivity index (χ2n) is 7.16. The van der Waals surface area contributed by atoms with E-state index < -0.39 is 0 Å². The lowest BCUT2D eigenvalue weighted by Gasteiger charge is -2.29. The molecule has 1 aliphatic heterocycles. The highest BCUT2D eigenvalue weighted by Crippen LogP contribution is 2.43. The maximum atomic E-state index is 12.8. The SMILES string of the molecule is Cc1sc(NC(=O)c2cccs2)c(C(c2cccc(Cl)c2)N2CCCC2)c1C. The summed E-state index contributed by atoms with van der Waals surface area (Å²) in [7, 11) is 0. The summed E-state index contributed by atoms with van der Waals surface area (Å²) >= 11 is 9.46. The Labute approximate surface area is 179 Å². The zero-order chi connectivity index (χ0) is 19.7. The van der Waals surface area contributed by atoms with Crippen LogP contribution in [0.15, 0.2) is 41.8 Å². The van der Waals surface area contributed by atoms with Crippen molar-refractivity contribution in [2.75, 3.05) is 18.4 Å². The zero-order valence-electron chi connectivity index (χ0n) is 16.0. The van der Waals surface area contributed by atoms with Crippen LogP contribution in [0.25, 0.3) is 0 Å². The molecular formula is C22H23ClN2OS2. The molecule has 3 heterocycles. The number of thiophene rings is 2. The standard InChI is InChI=1S/C22H23ClN2OS2/c1-14-15(2)28-22(24-21(26)18-9-6-12-27-18)19(14)20(25-10-3-4-11-25)16-7-5-8-17(23)13-16/h5-9,12-13,20H,3-4,10-11H2,1-2H3,(H,24,26). The van der Waals surface area contributed by atoms with E-state index in [1.54, 1.807) is 11.3 Å². The Morgan fingerprint density at radius 3 is 2.64 bits per heavy atom. The van der Waals surface area contributed by atoms with Crippen molar-refractivity contribution in [1.82, 2.24) is 4.90 Å². The van der Waals surface area contributed by atoms with Gasteiger partial charge in [-0.1, -0.05) is 29.8 Å². The quantitative estimate of drug-likeness (QED) is 0.499. The van der Waals surface area contributed by atoms with Gasteiger partial charge in [-0.15, -0.1) is 22.7 Å². The minimum Gasteiger partial charge on any atom is -0.313 e. The number of nitrogens with zero attached hydrogens (tertiary/aromatic N) is 1. The molecule has 0 spiro atoms. The highest BCUT2D eigenvalue weighted by Gasteiger charge is 2.31. The minimum atomic E-state index is -0.0382. The van der Waals surface area contributed by atoms with Crippen molar-refractivity contribution in [3.05, 3.63) is 73.2 Å². The second-order valence-corrected chi connectivity index (χ2v) is 9.77. The first kappa shape index (κ1) is 19.6. The summed E-state index contributed by atoms with van der Waals surface area (Å²) in [6.07, 6.45) is 2.41. The van der Waals surface area contributed by atoms with E-state index >= 15 is 0 Å². The third kappa shape index (κ3) is 3.90. The first-order valence-electron chi connectivity index (χ1n) is 9.49. The fourth-order valence-corrected chi connectivity index (χ4v) is 5.78. The molecule has 1 amide bonds. The molecular weight excluding hydrogens is 408 g/mol. The lowest BCUT2D eigenvalue weighted by atomic mass is 9.95. The van der Waals surface area contributed by atoms with Crippen LogP contribution in [0, 0.1) is 13.8 Å². The molecule has 1 aromatic carbocycles. The van der Waals surface area contributed by atoms with Crippen LogP contribution >= 0.6 is 34.3 Å². The van der Waals surface area contributed by atoms with Crippen LogP contribution in [-0.2, 0) is 0 Å². The van der Waals surface area contributed by atoms with E-state index in [0.29, 0.717) is 0 Å². The fraction of sp³-hybridized carbons (Fsp3) is 0.318. The Balaban J connectivity index is 1.78. The van der Waals surface area contributed by atoms with Gasteiger partial charge in [-0.25, -0.2) is 0 Å².